The van der Waals surface area contributed by atoms with E-state index in [2.05, 4.69) is 24.3 Å². The van der Waals surface area contributed by atoms with Gasteiger partial charge in [-0.1, -0.05) is 13.8 Å². The highest BCUT2D eigenvalue weighted by Gasteiger charge is 2.44. The second-order valence-corrected chi connectivity index (χ2v) is 8.36. The monoisotopic (exact) mass is 371 g/mol. The first-order valence-electron chi connectivity index (χ1n) is 9.48. The van der Waals surface area contributed by atoms with E-state index in [1.807, 2.05) is 32.5 Å². The molecule has 0 amide bonds. The van der Waals surface area contributed by atoms with Gasteiger partial charge in [-0.15, -0.1) is 0 Å². The molecule has 0 fully saturated rings. The molecule has 1 aromatic rings. The molecule has 0 spiro atoms. The van der Waals surface area contributed by atoms with E-state index in [0.717, 1.165) is 34.8 Å². The molecule has 1 N–H and O–H groups in total. The number of nitrogens with zero attached hydrogens (tertiary/aromatic N) is 2. The zero-order valence-corrected chi connectivity index (χ0v) is 17.3. The number of hydrogen-bond donors (Lipinski definition) is 1. The van der Waals surface area contributed by atoms with E-state index in [0.29, 0.717) is 24.2 Å². The van der Waals surface area contributed by atoms with Gasteiger partial charge in [0, 0.05) is 41.7 Å². The van der Waals surface area contributed by atoms with Crippen molar-refractivity contribution in [1.29, 1.82) is 0 Å². The molecule has 0 saturated carbocycles. The molecular formula is C21H29N3O3. The number of rotatable bonds is 3. The fourth-order valence-corrected chi connectivity index (χ4v) is 4.41. The van der Waals surface area contributed by atoms with E-state index in [-0.39, 0.29) is 17.2 Å². The summed E-state index contributed by atoms with van der Waals surface area (Å²) in [6, 6.07) is 0. The Morgan fingerprint density at radius 2 is 1.96 bits per heavy atom. The Morgan fingerprint density at radius 1 is 1.30 bits per heavy atom. The van der Waals surface area contributed by atoms with Crippen LogP contribution < -0.4 is 5.32 Å². The molecule has 1 atom stereocenters. The van der Waals surface area contributed by atoms with Crippen molar-refractivity contribution in [2.75, 3.05) is 6.61 Å². The summed E-state index contributed by atoms with van der Waals surface area (Å²) < 4.78 is 7.16. The lowest BCUT2D eigenvalue weighted by Crippen LogP contribution is -2.39. The lowest BCUT2D eigenvalue weighted by molar-refractivity contribution is -0.138. The molecule has 0 unspecified atom stereocenters. The summed E-state index contributed by atoms with van der Waals surface area (Å²) in [6.07, 6.45) is 1.24. The largest absolute Gasteiger partial charge is 0.463 e. The lowest BCUT2D eigenvalue weighted by Gasteiger charge is -2.39. The van der Waals surface area contributed by atoms with Crippen LogP contribution >= 0.6 is 0 Å². The van der Waals surface area contributed by atoms with Crippen molar-refractivity contribution in [2.45, 2.75) is 60.3 Å². The molecule has 0 saturated heterocycles. The van der Waals surface area contributed by atoms with Crippen LogP contribution in [-0.4, -0.2) is 28.1 Å². The minimum atomic E-state index is -0.433. The van der Waals surface area contributed by atoms with Crippen LogP contribution in [0.4, 0.5) is 0 Å². The van der Waals surface area contributed by atoms with Crippen molar-refractivity contribution in [3.8, 4) is 0 Å². The number of esters is 1. The van der Waals surface area contributed by atoms with E-state index in [1.54, 1.807) is 6.92 Å². The molecule has 146 valence electrons. The number of allylic oxidation sites excluding steroid dienone is 3. The Bertz CT molecular complexity index is 887. The number of aromatic nitrogens is 2. The third-order valence-electron chi connectivity index (χ3n) is 5.59. The minimum Gasteiger partial charge on any atom is -0.463 e. The summed E-state index contributed by atoms with van der Waals surface area (Å²) in [4.78, 5) is 26.0. The van der Waals surface area contributed by atoms with Crippen LogP contribution in [0.2, 0.25) is 0 Å². The van der Waals surface area contributed by atoms with Crippen molar-refractivity contribution in [1.82, 2.24) is 15.1 Å². The Morgan fingerprint density at radius 3 is 2.52 bits per heavy atom. The maximum Gasteiger partial charge on any atom is 0.336 e. The molecule has 27 heavy (non-hydrogen) atoms. The molecule has 3 rings (SSSR count). The lowest BCUT2D eigenvalue weighted by atomic mass is 9.68. The zero-order chi connectivity index (χ0) is 20.1. The van der Waals surface area contributed by atoms with Crippen molar-refractivity contribution in [2.24, 2.45) is 12.5 Å². The van der Waals surface area contributed by atoms with Gasteiger partial charge in [0.05, 0.1) is 23.8 Å². The van der Waals surface area contributed by atoms with Crippen LogP contribution in [0.15, 0.2) is 22.5 Å². The normalized spacial score (nSPS) is 21.9. The third-order valence-corrected chi connectivity index (χ3v) is 5.59. The number of carbonyl (C=O) groups excluding carboxylic acids is 2. The molecule has 6 heteroatoms. The standard InChI is InChI=1S/C21H29N3O3/c1-8-27-20(26)17-11(2)22-14-9-21(5,6)10-15(25)18(14)19(17)16-12(3)23-24(7)13(16)4/h19,22H,8-10H2,1-7H3/t19-/m1/s1. The Labute approximate surface area is 160 Å². The highest BCUT2D eigenvalue weighted by Crippen LogP contribution is 2.47. The fourth-order valence-electron chi connectivity index (χ4n) is 4.41. The second kappa shape index (κ2) is 6.66. The van der Waals surface area contributed by atoms with Crippen LogP contribution in [0.3, 0.4) is 0 Å². The average Bonchev–Trinajstić information content (AvgIpc) is 2.77. The number of carbonyl (C=O) groups is 2. The van der Waals surface area contributed by atoms with E-state index in [9.17, 15) is 9.59 Å². The van der Waals surface area contributed by atoms with E-state index in [4.69, 9.17) is 4.74 Å². The first kappa shape index (κ1) is 19.4. The number of ether oxygens (including phenoxy) is 1. The van der Waals surface area contributed by atoms with Crippen molar-refractivity contribution >= 4 is 11.8 Å². The third kappa shape index (κ3) is 3.22. The van der Waals surface area contributed by atoms with Crippen molar-refractivity contribution < 1.29 is 14.3 Å². The molecular weight excluding hydrogens is 342 g/mol. The number of ketones is 1. The molecule has 2 heterocycles. The van der Waals surface area contributed by atoms with Crippen molar-refractivity contribution in [3.05, 3.63) is 39.5 Å². The quantitative estimate of drug-likeness (QED) is 0.826. The predicted octanol–water partition coefficient (Wildman–Crippen LogP) is 3.20. The number of nitrogens with one attached hydrogen (secondary N) is 1. The summed E-state index contributed by atoms with van der Waals surface area (Å²) in [6.45, 7) is 12.1. The topological polar surface area (TPSA) is 73.2 Å². The summed E-state index contributed by atoms with van der Waals surface area (Å²) in [5.41, 5.74) is 5.51. The van der Waals surface area contributed by atoms with Crippen LogP contribution in [0, 0.1) is 19.3 Å². The molecule has 0 radical (unpaired) electrons. The number of dihydropyridines is 1. The first-order valence-corrected chi connectivity index (χ1v) is 9.48. The van der Waals surface area contributed by atoms with Gasteiger partial charge >= 0.3 is 5.97 Å². The minimum absolute atomic E-state index is 0.0932. The zero-order valence-electron chi connectivity index (χ0n) is 17.3. The van der Waals surface area contributed by atoms with Gasteiger partial charge in [0.2, 0.25) is 0 Å². The predicted molar refractivity (Wildman–Crippen MR) is 103 cm³/mol. The molecule has 2 aliphatic rings. The van der Waals surface area contributed by atoms with Crippen LogP contribution in [-0.2, 0) is 21.4 Å². The van der Waals surface area contributed by atoms with Gasteiger partial charge in [-0.2, -0.15) is 5.10 Å². The van der Waals surface area contributed by atoms with Gasteiger partial charge in [0.15, 0.2) is 5.78 Å². The number of Topliss-reactive ketones (excluding diaryl/α,β-unsaturated/α-hetero) is 1. The SMILES string of the molecule is CCOC(=O)C1=C(C)NC2=C(C(=O)CC(C)(C)C2)[C@@H]1c1c(C)nn(C)c1C. The molecule has 0 bridgehead atoms. The first-order chi connectivity index (χ1) is 12.6. The molecule has 0 aromatic carbocycles. The van der Waals surface area contributed by atoms with Gasteiger partial charge < -0.3 is 10.1 Å². The van der Waals surface area contributed by atoms with Gasteiger partial charge in [-0.3, -0.25) is 9.48 Å². The van der Waals surface area contributed by atoms with Gasteiger partial charge in [-0.05, 0) is 39.5 Å². The Balaban J connectivity index is 2.26. The highest BCUT2D eigenvalue weighted by atomic mass is 16.5. The number of hydrogen-bond acceptors (Lipinski definition) is 5. The van der Waals surface area contributed by atoms with Crippen LogP contribution in [0.5, 0.6) is 0 Å². The fraction of sp³-hybridized carbons (Fsp3) is 0.571. The van der Waals surface area contributed by atoms with E-state index in [1.165, 1.54) is 0 Å². The Kier molecular flexibility index (Phi) is 4.78. The molecule has 6 nitrogen and oxygen atoms in total. The van der Waals surface area contributed by atoms with Gasteiger partial charge in [-0.25, -0.2) is 4.79 Å². The summed E-state index contributed by atoms with van der Waals surface area (Å²) in [5, 5.41) is 7.88. The highest BCUT2D eigenvalue weighted by molar-refractivity contribution is 6.04. The molecule has 1 aliphatic heterocycles. The van der Waals surface area contributed by atoms with Crippen molar-refractivity contribution in [3.63, 3.8) is 0 Å². The van der Waals surface area contributed by atoms with Gasteiger partial charge in [0.25, 0.3) is 0 Å². The Hall–Kier alpha value is -2.37. The summed E-state index contributed by atoms with van der Waals surface area (Å²) >= 11 is 0. The smallest absolute Gasteiger partial charge is 0.336 e. The maximum atomic E-state index is 13.2. The average molecular weight is 371 g/mol. The maximum absolute atomic E-state index is 13.2. The van der Waals surface area contributed by atoms with E-state index < -0.39 is 5.92 Å². The number of aryl methyl sites for hydroxylation is 2. The second-order valence-electron chi connectivity index (χ2n) is 8.36. The van der Waals surface area contributed by atoms with Crippen LogP contribution in [0.25, 0.3) is 0 Å². The molecule has 1 aliphatic carbocycles. The van der Waals surface area contributed by atoms with E-state index >= 15 is 0 Å². The van der Waals surface area contributed by atoms with Crippen LogP contribution in [0.1, 0.15) is 63.4 Å². The summed E-state index contributed by atoms with van der Waals surface area (Å²) in [5.74, 6) is -0.715. The summed E-state index contributed by atoms with van der Waals surface area (Å²) in [7, 11) is 1.88. The van der Waals surface area contributed by atoms with Gasteiger partial charge in [0.1, 0.15) is 0 Å². The molecule has 1 aromatic heterocycles.